The van der Waals surface area contributed by atoms with Crippen molar-refractivity contribution in [3.8, 4) is 23.0 Å². The van der Waals surface area contributed by atoms with Crippen molar-refractivity contribution in [2.24, 2.45) is 0 Å². The molecule has 2 N–H and O–H groups in total. The standard InChI is InChI=1S/C24H34N2O5/c1-7-12-31-24-22(29-5)13-18(14-23(24)30-6)10-11-25-16(2)20-9-8-19(26-17(3)27)15-21(20)28-4/h8-9,13-16,25H,7,10-12H2,1-6H3,(H,26,27). The zero-order valence-corrected chi connectivity index (χ0v) is 19.3. The summed E-state index contributed by atoms with van der Waals surface area (Å²) in [6.07, 6.45) is 1.70. The molecule has 1 amide bonds. The summed E-state index contributed by atoms with van der Waals surface area (Å²) < 4.78 is 22.4. The van der Waals surface area contributed by atoms with Gasteiger partial charge in [-0.1, -0.05) is 13.0 Å². The van der Waals surface area contributed by atoms with Gasteiger partial charge in [-0.3, -0.25) is 4.79 Å². The molecule has 2 aromatic carbocycles. The molecule has 170 valence electrons. The number of anilines is 1. The molecule has 1 atom stereocenters. The zero-order chi connectivity index (χ0) is 22.8. The first kappa shape index (κ1) is 24.3. The molecule has 7 heteroatoms. The predicted octanol–water partition coefficient (Wildman–Crippen LogP) is 4.35. The number of nitrogens with one attached hydrogen (secondary N) is 2. The van der Waals surface area contributed by atoms with Crippen molar-refractivity contribution in [2.45, 2.75) is 39.7 Å². The van der Waals surface area contributed by atoms with Crippen molar-refractivity contribution in [3.63, 3.8) is 0 Å². The highest BCUT2D eigenvalue weighted by Gasteiger charge is 2.15. The van der Waals surface area contributed by atoms with Crippen molar-refractivity contribution in [1.29, 1.82) is 0 Å². The van der Waals surface area contributed by atoms with Crippen molar-refractivity contribution >= 4 is 11.6 Å². The van der Waals surface area contributed by atoms with Crippen LogP contribution in [-0.4, -0.2) is 40.4 Å². The maximum atomic E-state index is 11.3. The van der Waals surface area contributed by atoms with Gasteiger partial charge >= 0.3 is 0 Å². The fraction of sp³-hybridized carbons (Fsp3) is 0.458. The number of methoxy groups -OCH3 is 3. The Kier molecular flexibility index (Phi) is 9.46. The minimum atomic E-state index is -0.113. The molecule has 0 aliphatic rings. The summed E-state index contributed by atoms with van der Waals surface area (Å²) in [6.45, 7) is 6.98. The molecule has 0 aliphatic carbocycles. The number of carbonyl (C=O) groups excluding carboxylic acids is 1. The molecule has 0 fully saturated rings. The van der Waals surface area contributed by atoms with Gasteiger partial charge < -0.3 is 29.6 Å². The summed E-state index contributed by atoms with van der Waals surface area (Å²) in [5.74, 6) is 2.60. The smallest absolute Gasteiger partial charge is 0.221 e. The second-order valence-electron chi connectivity index (χ2n) is 7.24. The quantitative estimate of drug-likeness (QED) is 0.521. The molecule has 7 nitrogen and oxygen atoms in total. The lowest BCUT2D eigenvalue weighted by Gasteiger charge is -2.19. The van der Waals surface area contributed by atoms with Gasteiger partial charge in [-0.05, 0) is 50.1 Å². The topological polar surface area (TPSA) is 78.1 Å². The van der Waals surface area contributed by atoms with E-state index in [1.165, 1.54) is 6.92 Å². The third-order valence-corrected chi connectivity index (χ3v) is 4.86. The summed E-state index contributed by atoms with van der Waals surface area (Å²) in [5, 5.41) is 6.30. The van der Waals surface area contributed by atoms with Crippen LogP contribution in [0.5, 0.6) is 23.0 Å². The molecule has 0 aromatic heterocycles. The Hall–Kier alpha value is -2.93. The van der Waals surface area contributed by atoms with Gasteiger partial charge in [0.25, 0.3) is 0 Å². The van der Waals surface area contributed by atoms with Crippen LogP contribution in [0.15, 0.2) is 30.3 Å². The molecular weight excluding hydrogens is 396 g/mol. The molecule has 0 spiro atoms. The average molecular weight is 431 g/mol. The van der Waals surface area contributed by atoms with Gasteiger partial charge in [-0.15, -0.1) is 0 Å². The van der Waals surface area contributed by atoms with E-state index in [4.69, 9.17) is 18.9 Å². The van der Waals surface area contributed by atoms with E-state index in [1.54, 1.807) is 21.3 Å². The SMILES string of the molecule is CCCOc1c(OC)cc(CCNC(C)c2ccc(NC(C)=O)cc2OC)cc1OC. The molecule has 1 unspecified atom stereocenters. The molecule has 2 rings (SSSR count). The lowest BCUT2D eigenvalue weighted by Crippen LogP contribution is -2.22. The third-order valence-electron chi connectivity index (χ3n) is 4.86. The largest absolute Gasteiger partial charge is 0.496 e. The molecule has 2 aromatic rings. The van der Waals surface area contributed by atoms with Gasteiger partial charge in [0.15, 0.2) is 11.5 Å². The Morgan fingerprint density at radius 2 is 1.65 bits per heavy atom. The number of benzene rings is 2. The van der Waals surface area contributed by atoms with Crippen LogP contribution in [0.4, 0.5) is 5.69 Å². The Labute approximate surface area is 185 Å². The highest BCUT2D eigenvalue weighted by Crippen LogP contribution is 2.39. The zero-order valence-electron chi connectivity index (χ0n) is 19.3. The second-order valence-corrected chi connectivity index (χ2v) is 7.24. The predicted molar refractivity (Wildman–Crippen MR) is 123 cm³/mol. The van der Waals surface area contributed by atoms with Crippen LogP contribution >= 0.6 is 0 Å². The molecule has 0 saturated carbocycles. The van der Waals surface area contributed by atoms with E-state index in [1.807, 2.05) is 30.3 Å². The van der Waals surface area contributed by atoms with E-state index in [9.17, 15) is 4.79 Å². The molecular formula is C24H34N2O5. The normalized spacial score (nSPS) is 11.5. The van der Waals surface area contributed by atoms with Crippen molar-refractivity contribution < 1.29 is 23.7 Å². The van der Waals surface area contributed by atoms with E-state index >= 15 is 0 Å². The molecule has 0 aliphatic heterocycles. The summed E-state index contributed by atoms with van der Waals surface area (Å²) >= 11 is 0. The van der Waals surface area contributed by atoms with E-state index in [2.05, 4.69) is 24.5 Å². The lowest BCUT2D eigenvalue weighted by molar-refractivity contribution is -0.114. The summed E-state index contributed by atoms with van der Waals surface area (Å²) in [6, 6.07) is 9.72. The summed E-state index contributed by atoms with van der Waals surface area (Å²) in [4.78, 5) is 11.3. The number of amides is 1. The van der Waals surface area contributed by atoms with Gasteiger partial charge in [0.2, 0.25) is 11.7 Å². The van der Waals surface area contributed by atoms with E-state index in [-0.39, 0.29) is 11.9 Å². The molecule has 0 bridgehead atoms. The minimum Gasteiger partial charge on any atom is -0.496 e. The Bertz CT molecular complexity index is 844. The minimum absolute atomic E-state index is 0.0669. The van der Waals surface area contributed by atoms with Gasteiger partial charge in [0.05, 0.1) is 27.9 Å². The van der Waals surface area contributed by atoms with Crippen molar-refractivity contribution in [1.82, 2.24) is 5.32 Å². The first-order chi connectivity index (χ1) is 14.9. The fourth-order valence-electron chi connectivity index (χ4n) is 3.32. The van der Waals surface area contributed by atoms with Gasteiger partial charge in [-0.25, -0.2) is 0 Å². The van der Waals surface area contributed by atoms with E-state index in [0.717, 1.165) is 36.3 Å². The highest BCUT2D eigenvalue weighted by atomic mass is 16.5. The van der Waals surface area contributed by atoms with Crippen LogP contribution < -0.4 is 29.6 Å². The number of rotatable bonds is 12. The monoisotopic (exact) mass is 430 g/mol. The number of ether oxygens (including phenoxy) is 4. The maximum absolute atomic E-state index is 11.3. The Balaban J connectivity index is 2.06. The van der Waals surface area contributed by atoms with E-state index < -0.39 is 0 Å². The number of carbonyl (C=O) groups is 1. The van der Waals surface area contributed by atoms with Gasteiger partial charge in [0.1, 0.15) is 5.75 Å². The average Bonchev–Trinajstić information content (AvgIpc) is 2.76. The van der Waals surface area contributed by atoms with Crippen LogP contribution in [0.3, 0.4) is 0 Å². The first-order valence-electron chi connectivity index (χ1n) is 10.5. The van der Waals surface area contributed by atoms with Gasteiger partial charge in [-0.2, -0.15) is 0 Å². The van der Waals surface area contributed by atoms with Crippen LogP contribution in [0.25, 0.3) is 0 Å². The summed E-state index contributed by atoms with van der Waals surface area (Å²) in [5.41, 5.74) is 2.82. The molecule has 0 radical (unpaired) electrons. The van der Waals surface area contributed by atoms with Crippen LogP contribution in [0, 0.1) is 0 Å². The number of hydrogen-bond acceptors (Lipinski definition) is 6. The molecule has 31 heavy (non-hydrogen) atoms. The molecule has 0 heterocycles. The van der Waals surface area contributed by atoms with Crippen molar-refractivity contribution in [2.75, 3.05) is 39.8 Å². The Morgan fingerprint density at radius 3 is 2.19 bits per heavy atom. The first-order valence-corrected chi connectivity index (χ1v) is 10.5. The highest BCUT2D eigenvalue weighted by molar-refractivity contribution is 5.88. The summed E-state index contributed by atoms with van der Waals surface area (Å²) in [7, 11) is 4.90. The lowest BCUT2D eigenvalue weighted by atomic mass is 10.1. The fourth-order valence-corrected chi connectivity index (χ4v) is 3.32. The maximum Gasteiger partial charge on any atom is 0.221 e. The van der Waals surface area contributed by atoms with E-state index in [0.29, 0.717) is 29.5 Å². The van der Waals surface area contributed by atoms with Crippen LogP contribution in [0.1, 0.15) is 44.4 Å². The molecule has 0 saturated heterocycles. The third kappa shape index (κ3) is 6.79. The number of hydrogen-bond donors (Lipinski definition) is 2. The van der Waals surface area contributed by atoms with Crippen LogP contribution in [0.2, 0.25) is 0 Å². The van der Waals surface area contributed by atoms with Crippen molar-refractivity contribution in [3.05, 3.63) is 41.5 Å². The second kappa shape index (κ2) is 12.1. The van der Waals surface area contributed by atoms with Gasteiger partial charge in [0, 0.05) is 30.3 Å². The van der Waals surface area contributed by atoms with Crippen LogP contribution in [-0.2, 0) is 11.2 Å². The Morgan fingerprint density at radius 1 is 1.00 bits per heavy atom.